The van der Waals surface area contributed by atoms with Gasteiger partial charge in [-0.15, -0.1) is 5.10 Å². The van der Waals surface area contributed by atoms with Crippen LogP contribution >= 0.6 is 0 Å². The predicted octanol–water partition coefficient (Wildman–Crippen LogP) is 1.17. The predicted molar refractivity (Wildman–Crippen MR) is 52.6 cm³/mol. The minimum atomic E-state index is -1.06. The van der Waals surface area contributed by atoms with Crippen LogP contribution in [0.4, 0.5) is 8.78 Å². The Kier molecular flexibility index (Phi) is 2.82. The largest absolute Gasteiger partial charge is 0.481 e. The second kappa shape index (κ2) is 4.28. The average Bonchev–Trinajstić information content (AvgIpc) is 2.69. The van der Waals surface area contributed by atoms with E-state index in [-0.39, 0.29) is 17.8 Å². The van der Waals surface area contributed by atoms with E-state index in [2.05, 4.69) is 10.3 Å². The fourth-order valence-corrected chi connectivity index (χ4v) is 1.37. The lowest BCUT2D eigenvalue weighted by Crippen LogP contribution is -2.08. The van der Waals surface area contributed by atoms with Crippen molar-refractivity contribution in [2.24, 2.45) is 0 Å². The van der Waals surface area contributed by atoms with Crippen molar-refractivity contribution in [1.82, 2.24) is 15.0 Å². The number of benzene rings is 1. The molecular weight excluding hydrogens is 232 g/mol. The van der Waals surface area contributed by atoms with Gasteiger partial charge in [-0.05, 0) is 12.1 Å². The highest BCUT2D eigenvalue weighted by Gasteiger charge is 2.11. The molecule has 88 valence electrons. The van der Waals surface area contributed by atoms with Crippen LogP contribution in [0, 0.1) is 11.6 Å². The number of nitrogens with zero attached hydrogens (tertiary/aromatic N) is 3. The molecule has 0 amide bonds. The third kappa shape index (κ3) is 2.27. The number of carbonyl (C=O) groups is 1. The molecule has 0 radical (unpaired) electrons. The molecule has 0 saturated heterocycles. The maximum absolute atomic E-state index is 13.0. The van der Waals surface area contributed by atoms with Crippen LogP contribution in [0.3, 0.4) is 0 Å². The van der Waals surface area contributed by atoms with Gasteiger partial charge in [-0.25, -0.2) is 13.5 Å². The van der Waals surface area contributed by atoms with Gasteiger partial charge in [0.1, 0.15) is 0 Å². The molecule has 0 spiro atoms. The van der Waals surface area contributed by atoms with E-state index >= 15 is 0 Å². The molecule has 1 aromatic carbocycles. The molecule has 5 nitrogen and oxygen atoms in total. The van der Waals surface area contributed by atoms with Gasteiger partial charge in [0.05, 0.1) is 24.0 Å². The molecule has 17 heavy (non-hydrogen) atoms. The van der Waals surface area contributed by atoms with Crippen LogP contribution in [-0.4, -0.2) is 26.1 Å². The zero-order chi connectivity index (χ0) is 12.4. The minimum absolute atomic E-state index is 0.220. The van der Waals surface area contributed by atoms with Crippen molar-refractivity contribution in [3.63, 3.8) is 0 Å². The number of hydrogen-bond acceptors (Lipinski definition) is 3. The van der Waals surface area contributed by atoms with Crippen molar-refractivity contribution in [3.8, 4) is 5.69 Å². The van der Waals surface area contributed by atoms with E-state index < -0.39 is 17.6 Å². The molecular formula is C10H7F2N3O2. The van der Waals surface area contributed by atoms with E-state index in [1.807, 2.05) is 0 Å². The smallest absolute Gasteiger partial charge is 0.309 e. The topological polar surface area (TPSA) is 68.0 Å². The summed E-state index contributed by atoms with van der Waals surface area (Å²) in [6.45, 7) is 0. The molecule has 0 fully saturated rings. The first kappa shape index (κ1) is 11.2. The van der Waals surface area contributed by atoms with E-state index in [0.717, 1.165) is 16.8 Å². The van der Waals surface area contributed by atoms with Gasteiger partial charge in [-0.3, -0.25) is 4.79 Å². The lowest BCUT2D eigenvalue weighted by atomic mass is 10.2. The van der Waals surface area contributed by atoms with Crippen LogP contribution < -0.4 is 0 Å². The summed E-state index contributed by atoms with van der Waals surface area (Å²) in [4.78, 5) is 10.6. The molecule has 0 aliphatic rings. The van der Waals surface area contributed by atoms with Gasteiger partial charge in [0, 0.05) is 6.07 Å². The van der Waals surface area contributed by atoms with Crippen LogP contribution in [0.25, 0.3) is 5.69 Å². The highest BCUT2D eigenvalue weighted by molar-refractivity contribution is 5.69. The summed E-state index contributed by atoms with van der Waals surface area (Å²) in [5.74, 6) is -3.07. The summed E-state index contributed by atoms with van der Waals surface area (Å²) in [6, 6.07) is 3.16. The maximum Gasteiger partial charge on any atom is 0.309 e. The van der Waals surface area contributed by atoms with E-state index in [1.165, 1.54) is 12.3 Å². The van der Waals surface area contributed by atoms with Gasteiger partial charge < -0.3 is 5.11 Å². The fraction of sp³-hybridized carbons (Fsp3) is 0.100. The van der Waals surface area contributed by atoms with Crippen molar-refractivity contribution in [2.45, 2.75) is 6.42 Å². The maximum atomic E-state index is 13.0. The average molecular weight is 239 g/mol. The molecule has 1 heterocycles. The zero-order valence-corrected chi connectivity index (χ0v) is 8.47. The summed E-state index contributed by atoms with van der Waals surface area (Å²) in [5, 5.41) is 15.8. The number of halogens is 2. The SMILES string of the molecule is O=C(O)Cc1cnnn1-c1ccc(F)c(F)c1. The third-order valence-corrected chi connectivity index (χ3v) is 2.10. The van der Waals surface area contributed by atoms with Crippen LogP contribution in [-0.2, 0) is 11.2 Å². The van der Waals surface area contributed by atoms with Gasteiger partial charge in [0.2, 0.25) is 0 Å². The van der Waals surface area contributed by atoms with Crippen LogP contribution in [0.15, 0.2) is 24.4 Å². The first-order valence-corrected chi connectivity index (χ1v) is 4.64. The molecule has 1 N–H and O–H groups in total. The lowest BCUT2D eigenvalue weighted by Gasteiger charge is -2.04. The Morgan fingerprint density at radius 2 is 2.12 bits per heavy atom. The number of hydrogen-bond donors (Lipinski definition) is 1. The Bertz CT molecular complexity index is 568. The number of carboxylic acid groups (broad SMARTS) is 1. The Morgan fingerprint density at radius 3 is 2.76 bits per heavy atom. The summed E-state index contributed by atoms with van der Waals surface area (Å²) in [6.07, 6.45) is 0.960. The monoisotopic (exact) mass is 239 g/mol. The van der Waals surface area contributed by atoms with Crippen LogP contribution in [0.2, 0.25) is 0 Å². The molecule has 0 aliphatic carbocycles. The first-order valence-electron chi connectivity index (χ1n) is 4.64. The highest BCUT2D eigenvalue weighted by atomic mass is 19.2. The van der Waals surface area contributed by atoms with Gasteiger partial charge in [-0.2, -0.15) is 0 Å². The van der Waals surface area contributed by atoms with Gasteiger partial charge in [0.25, 0.3) is 0 Å². The summed E-state index contributed by atoms with van der Waals surface area (Å²) >= 11 is 0. The number of rotatable bonds is 3. The Labute approximate surface area is 94.3 Å². The summed E-state index contributed by atoms with van der Waals surface area (Å²) < 4.78 is 26.9. The van der Waals surface area contributed by atoms with Crippen LogP contribution in [0.1, 0.15) is 5.69 Å². The standard InChI is InChI=1S/C10H7F2N3O2/c11-8-2-1-6(3-9(8)12)15-7(4-10(16)17)5-13-14-15/h1-3,5H,4H2,(H,16,17). The molecule has 0 aliphatic heterocycles. The first-order chi connectivity index (χ1) is 8.08. The molecule has 7 heteroatoms. The van der Waals surface area contributed by atoms with E-state index in [9.17, 15) is 13.6 Å². The Morgan fingerprint density at radius 1 is 1.35 bits per heavy atom. The number of carboxylic acids is 1. The Hall–Kier alpha value is -2.31. The van der Waals surface area contributed by atoms with Gasteiger partial charge in [-0.1, -0.05) is 5.21 Å². The molecule has 2 rings (SSSR count). The quantitative estimate of drug-likeness (QED) is 0.873. The molecule has 1 aromatic heterocycles. The highest BCUT2D eigenvalue weighted by Crippen LogP contribution is 2.14. The van der Waals surface area contributed by atoms with Crippen molar-refractivity contribution < 1.29 is 18.7 Å². The second-order valence-electron chi connectivity index (χ2n) is 3.31. The summed E-state index contributed by atoms with van der Waals surface area (Å²) in [5.41, 5.74) is 0.501. The van der Waals surface area contributed by atoms with E-state index in [4.69, 9.17) is 5.11 Å². The Balaban J connectivity index is 2.42. The van der Waals surface area contributed by atoms with Crippen LogP contribution in [0.5, 0.6) is 0 Å². The normalized spacial score (nSPS) is 10.5. The van der Waals surface area contributed by atoms with Crippen molar-refractivity contribution in [3.05, 3.63) is 41.7 Å². The minimum Gasteiger partial charge on any atom is -0.481 e. The zero-order valence-electron chi connectivity index (χ0n) is 8.47. The third-order valence-electron chi connectivity index (χ3n) is 2.10. The van der Waals surface area contributed by atoms with Crippen molar-refractivity contribution >= 4 is 5.97 Å². The molecule has 0 saturated carbocycles. The number of aliphatic carboxylic acids is 1. The van der Waals surface area contributed by atoms with Crippen molar-refractivity contribution in [2.75, 3.05) is 0 Å². The van der Waals surface area contributed by atoms with Gasteiger partial charge >= 0.3 is 5.97 Å². The lowest BCUT2D eigenvalue weighted by molar-refractivity contribution is -0.136. The fourth-order valence-electron chi connectivity index (χ4n) is 1.37. The van der Waals surface area contributed by atoms with E-state index in [0.29, 0.717) is 0 Å². The van der Waals surface area contributed by atoms with E-state index in [1.54, 1.807) is 0 Å². The number of aromatic nitrogens is 3. The second-order valence-corrected chi connectivity index (χ2v) is 3.31. The molecule has 0 atom stereocenters. The van der Waals surface area contributed by atoms with Crippen molar-refractivity contribution in [1.29, 1.82) is 0 Å². The molecule has 0 unspecified atom stereocenters. The molecule has 0 bridgehead atoms. The summed E-state index contributed by atoms with van der Waals surface area (Å²) in [7, 11) is 0. The van der Waals surface area contributed by atoms with Gasteiger partial charge in [0.15, 0.2) is 11.6 Å². The molecule has 2 aromatic rings.